The predicted octanol–water partition coefficient (Wildman–Crippen LogP) is 3.42. The Morgan fingerprint density at radius 3 is 2.55 bits per heavy atom. The normalized spacial score (nSPS) is 10.9. The van der Waals surface area contributed by atoms with Gasteiger partial charge in [-0.2, -0.15) is 0 Å². The summed E-state index contributed by atoms with van der Waals surface area (Å²) in [4.78, 5) is 41.2. The van der Waals surface area contributed by atoms with E-state index in [9.17, 15) is 14.4 Å². The topological polar surface area (TPSA) is 114 Å². The highest BCUT2D eigenvalue weighted by Crippen LogP contribution is 2.33. The van der Waals surface area contributed by atoms with Crippen LogP contribution in [0.25, 0.3) is 22.5 Å². The third-order valence-electron chi connectivity index (χ3n) is 4.46. The standard InChI is InChI=1S/C22H19N3O5S/c1-12-11-31-22(24-12)25-18(28)10-23-17(27)9-15-19(14-6-4-3-5-7-14)30-21-16(26)8-13(2)29-20(15)21/h3-8,11H,9-10H2,1-2H3,(H,23,27)(H,24,25,28). The molecule has 0 aliphatic rings. The minimum atomic E-state index is -0.408. The van der Waals surface area contributed by atoms with Crippen LogP contribution < -0.4 is 16.1 Å². The molecule has 0 aliphatic carbocycles. The summed E-state index contributed by atoms with van der Waals surface area (Å²) in [6.07, 6.45) is -0.118. The van der Waals surface area contributed by atoms with Gasteiger partial charge in [-0.15, -0.1) is 11.3 Å². The van der Waals surface area contributed by atoms with Crippen molar-refractivity contribution >= 4 is 39.4 Å². The zero-order valence-corrected chi connectivity index (χ0v) is 17.7. The molecule has 0 radical (unpaired) electrons. The lowest BCUT2D eigenvalue weighted by molar-refractivity contribution is -0.123. The molecule has 0 saturated heterocycles. The van der Waals surface area contributed by atoms with Gasteiger partial charge in [0.2, 0.25) is 22.8 Å². The maximum atomic E-state index is 12.6. The Balaban J connectivity index is 1.56. The zero-order chi connectivity index (χ0) is 22.0. The molecule has 158 valence electrons. The quantitative estimate of drug-likeness (QED) is 0.478. The number of thiazole rings is 1. The molecule has 9 heteroatoms. The van der Waals surface area contributed by atoms with E-state index in [4.69, 9.17) is 8.83 Å². The third kappa shape index (κ3) is 4.56. The molecule has 0 saturated carbocycles. The molecule has 0 spiro atoms. The number of furan rings is 1. The van der Waals surface area contributed by atoms with E-state index in [1.807, 2.05) is 42.6 Å². The lowest BCUT2D eigenvalue weighted by Gasteiger charge is -2.06. The molecule has 4 aromatic rings. The van der Waals surface area contributed by atoms with Gasteiger partial charge in [0, 0.05) is 17.0 Å². The van der Waals surface area contributed by atoms with Crippen LogP contribution in [0.2, 0.25) is 0 Å². The lowest BCUT2D eigenvalue weighted by Crippen LogP contribution is -2.33. The number of hydrogen-bond donors (Lipinski definition) is 2. The van der Waals surface area contributed by atoms with Crippen molar-refractivity contribution in [3.05, 3.63) is 69.0 Å². The molecule has 2 N–H and O–H groups in total. The molecule has 3 heterocycles. The Morgan fingerprint density at radius 1 is 1.06 bits per heavy atom. The molecule has 1 aromatic carbocycles. The van der Waals surface area contributed by atoms with E-state index in [0.717, 1.165) is 5.69 Å². The Kier molecular flexibility index (Phi) is 5.68. The van der Waals surface area contributed by atoms with Gasteiger partial charge >= 0.3 is 0 Å². The van der Waals surface area contributed by atoms with Crippen LogP contribution >= 0.6 is 11.3 Å². The van der Waals surface area contributed by atoms with Crippen molar-refractivity contribution in [3.63, 3.8) is 0 Å². The molecule has 0 atom stereocenters. The maximum absolute atomic E-state index is 12.6. The van der Waals surface area contributed by atoms with Crippen LogP contribution in [0.5, 0.6) is 0 Å². The van der Waals surface area contributed by atoms with E-state index in [1.54, 1.807) is 6.92 Å². The molecular formula is C22H19N3O5S. The monoisotopic (exact) mass is 437 g/mol. The van der Waals surface area contributed by atoms with Gasteiger partial charge in [0.05, 0.1) is 24.2 Å². The summed E-state index contributed by atoms with van der Waals surface area (Å²) in [7, 11) is 0. The number of rotatable bonds is 6. The fourth-order valence-electron chi connectivity index (χ4n) is 3.12. The second kappa shape index (κ2) is 8.57. The van der Waals surface area contributed by atoms with E-state index < -0.39 is 5.91 Å². The zero-order valence-electron chi connectivity index (χ0n) is 16.9. The van der Waals surface area contributed by atoms with Crippen molar-refractivity contribution < 1.29 is 18.4 Å². The van der Waals surface area contributed by atoms with Gasteiger partial charge in [-0.05, 0) is 13.8 Å². The Bertz CT molecular complexity index is 1320. The largest absolute Gasteiger partial charge is 0.457 e. The number of aromatic nitrogens is 1. The number of amides is 2. The minimum Gasteiger partial charge on any atom is -0.457 e. The van der Waals surface area contributed by atoms with Gasteiger partial charge in [0.15, 0.2) is 10.7 Å². The highest BCUT2D eigenvalue weighted by atomic mass is 32.1. The number of benzene rings is 1. The lowest BCUT2D eigenvalue weighted by atomic mass is 10.1. The van der Waals surface area contributed by atoms with Crippen LogP contribution in [0.15, 0.2) is 55.4 Å². The average Bonchev–Trinajstić information content (AvgIpc) is 3.31. The van der Waals surface area contributed by atoms with E-state index in [2.05, 4.69) is 15.6 Å². The molecule has 8 nitrogen and oxygen atoms in total. The van der Waals surface area contributed by atoms with Crippen molar-refractivity contribution in [1.82, 2.24) is 10.3 Å². The highest BCUT2D eigenvalue weighted by molar-refractivity contribution is 7.13. The number of nitrogens with one attached hydrogen (secondary N) is 2. The Hall–Kier alpha value is -3.72. The molecule has 31 heavy (non-hydrogen) atoms. The number of anilines is 1. The van der Waals surface area contributed by atoms with Gasteiger partial charge in [-0.25, -0.2) is 4.98 Å². The third-order valence-corrected chi connectivity index (χ3v) is 5.34. The van der Waals surface area contributed by atoms with E-state index in [1.165, 1.54) is 17.4 Å². The number of carbonyl (C=O) groups is 2. The van der Waals surface area contributed by atoms with E-state index >= 15 is 0 Å². The Morgan fingerprint density at radius 2 is 1.84 bits per heavy atom. The van der Waals surface area contributed by atoms with Crippen molar-refractivity contribution in [2.45, 2.75) is 20.3 Å². The summed E-state index contributed by atoms with van der Waals surface area (Å²) >= 11 is 1.31. The summed E-state index contributed by atoms with van der Waals surface area (Å²) in [6.45, 7) is 3.27. The van der Waals surface area contributed by atoms with Crippen molar-refractivity contribution in [1.29, 1.82) is 0 Å². The van der Waals surface area contributed by atoms with Crippen molar-refractivity contribution in [2.75, 3.05) is 11.9 Å². The molecule has 2 amide bonds. The molecule has 4 rings (SSSR count). The Labute approximate surface area is 180 Å². The fraction of sp³-hybridized carbons (Fsp3) is 0.182. The van der Waals surface area contributed by atoms with Crippen LogP contribution in [0.4, 0.5) is 5.13 Å². The first kappa shape index (κ1) is 20.5. The summed E-state index contributed by atoms with van der Waals surface area (Å²) in [6, 6.07) is 10.5. The number of nitrogens with zero attached hydrogens (tertiary/aromatic N) is 1. The summed E-state index contributed by atoms with van der Waals surface area (Å²) < 4.78 is 11.5. The van der Waals surface area contributed by atoms with Crippen LogP contribution in [-0.2, 0) is 16.0 Å². The summed E-state index contributed by atoms with van der Waals surface area (Å²) in [5.41, 5.74) is 1.95. The van der Waals surface area contributed by atoms with Crippen molar-refractivity contribution in [3.8, 4) is 11.3 Å². The van der Waals surface area contributed by atoms with E-state index in [-0.39, 0.29) is 35.5 Å². The smallest absolute Gasteiger partial charge is 0.245 e. The SMILES string of the molecule is Cc1csc(NC(=O)CNC(=O)Cc2c(-c3ccccc3)oc3c(=O)cc(C)oc23)n1. The number of carbonyl (C=O) groups excluding carboxylic acids is 2. The van der Waals surface area contributed by atoms with Gasteiger partial charge in [0.25, 0.3) is 0 Å². The van der Waals surface area contributed by atoms with Crippen LogP contribution in [0.1, 0.15) is 17.0 Å². The van der Waals surface area contributed by atoms with Crippen LogP contribution in [0, 0.1) is 13.8 Å². The molecular weight excluding hydrogens is 418 g/mol. The summed E-state index contributed by atoms with van der Waals surface area (Å²) in [5.74, 6) is 0.0116. The van der Waals surface area contributed by atoms with Gasteiger partial charge < -0.3 is 19.5 Å². The first-order valence-electron chi connectivity index (χ1n) is 9.51. The number of aryl methyl sites for hydroxylation is 2. The number of fused-ring (bicyclic) bond motifs is 1. The molecule has 0 fully saturated rings. The first-order chi connectivity index (χ1) is 14.9. The summed E-state index contributed by atoms with van der Waals surface area (Å²) in [5, 5.41) is 7.51. The molecule has 0 aliphatic heterocycles. The van der Waals surface area contributed by atoms with Gasteiger partial charge in [0.1, 0.15) is 11.5 Å². The second-order valence-corrected chi connectivity index (χ2v) is 7.81. The van der Waals surface area contributed by atoms with Gasteiger partial charge in [-0.1, -0.05) is 30.3 Å². The number of hydrogen-bond acceptors (Lipinski definition) is 7. The van der Waals surface area contributed by atoms with Gasteiger partial charge in [-0.3, -0.25) is 14.4 Å². The fourth-order valence-corrected chi connectivity index (χ4v) is 3.83. The predicted molar refractivity (Wildman–Crippen MR) is 117 cm³/mol. The van der Waals surface area contributed by atoms with Crippen molar-refractivity contribution in [2.24, 2.45) is 0 Å². The van der Waals surface area contributed by atoms with E-state index in [0.29, 0.717) is 27.8 Å². The average molecular weight is 437 g/mol. The second-order valence-electron chi connectivity index (χ2n) is 6.95. The highest BCUT2D eigenvalue weighted by Gasteiger charge is 2.23. The maximum Gasteiger partial charge on any atom is 0.245 e. The van der Waals surface area contributed by atoms with Crippen LogP contribution in [0.3, 0.4) is 0 Å². The molecule has 3 aromatic heterocycles. The van der Waals surface area contributed by atoms with Crippen LogP contribution in [-0.4, -0.2) is 23.3 Å². The first-order valence-corrected chi connectivity index (χ1v) is 10.4. The molecule has 0 bridgehead atoms. The minimum absolute atomic E-state index is 0.0594. The molecule has 0 unspecified atom stereocenters.